The van der Waals surface area contributed by atoms with Crippen molar-refractivity contribution in [3.63, 3.8) is 0 Å². The van der Waals surface area contributed by atoms with Gasteiger partial charge in [0.25, 0.3) is 0 Å². The molecule has 0 aliphatic carbocycles. The summed E-state index contributed by atoms with van der Waals surface area (Å²) in [5.41, 5.74) is 1.41. The van der Waals surface area contributed by atoms with Gasteiger partial charge in [0.1, 0.15) is 5.75 Å². The summed E-state index contributed by atoms with van der Waals surface area (Å²) in [6, 6.07) is 7.26. The van der Waals surface area contributed by atoms with Gasteiger partial charge in [0.05, 0.1) is 22.5 Å². The molecule has 0 aliphatic heterocycles. The number of rotatable bonds is 3. The molecule has 0 saturated carbocycles. The number of aromatic nitrogens is 1. The smallest absolute Gasteiger partial charge is 0.205 e. The Hall–Kier alpha value is -1.78. The monoisotopic (exact) mass is 291 g/mol. The number of ether oxygens (including phenoxy) is 1. The Morgan fingerprint density at radius 1 is 1.42 bits per heavy atom. The standard InChI is InChI=1S/C14H10ClNO2S/c1-18-8-5-12(19-7-8)14(17)10-6-16-13-9(10)3-2-4-11(13)15/h2-7,16H,1H3. The number of halogens is 1. The SMILES string of the molecule is COc1csc(C(=O)c2c[nH]c3c(Cl)cccc23)c1. The molecule has 0 atom stereocenters. The van der Waals surface area contributed by atoms with Crippen molar-refractivity contribution in [1.82, 2.24) is 4.98 Å². The summed E-state index contributed by atoms with van der Waals surface area (Å²) >= 11 is 7.46. The van der Waals surface area contributed by atoms with Crippen molar-refractivity contribution in [3.8, 4) is 5.75 Å². The zero-order chi connectivity index (χ0) is 13.4. The van der Waals surface area contributed by atoms with Crippen LogP contribution in [0.1, 0.15) is 15.2 Å². The number of aromatic amines is 1. The van der Waals surface area contributed by atoms with Crippen LogP contribution in [0.2, 0.25) is 5.02 Å². The number of carbonyl (C=O) groups is 1. The fraction of sp³-hybridized carbons (Fsp3) is 0.0714. The second-order valence-corrected chi connectivity index (χ2v) is 5.36. The van der Waals surface area contributed by atoms with E-state index in [4.69, 9.17) is 16.3 Å². The number of methoxy groups -OCH3 is 1. The fourth-order valence-electron chi connectivity index (χ4n) is 1.98. The highest BCUT2D eigenvalue weighted by Crippen LogP contribution is 2.29. The van der Waals surface area contributed by atoms with Gasteiger partial charge >= 0.3 is 0 Å². The lowest BCUT2D eigenvalue weighted by Gasteiger charge is -1.97. The average molecular weight is 292 g/mol. The maximum Gasteiger partial charge on any atom is 0.205 e. The van der Waals surface area contributed by atoms with Gasteiger partial charge in [0, 0.05) is 28.6 Å². The summed E-state index contributed by atoms with van der Waals surface area (Å²) in [6.07, 6.45) is 1.70. The van der Waals surface area contributed by atoms with E-state index in [9.17, 15) is 4.79 Å². The van der Waals surface area contributed by atoms with E-state index in [2.05, 4.69) is 4.98 Å². The van der Waals surface area contributed by atoms with Crippen LogP contribution in [0.25, 0.3) is 10.9 Å². The lowest BCUT2D eigenvalue weighted by molar-refractivity contribution is 0.104. The molecule has 2 heterocycles. The van der Waals surface area contributed by atoms with E-state index in [1.807, 2.05) is 17.5 Å². The van der Waals surface area contributed by atoms with Crippen LogP contribution in [0.4, 0.5) is 0 Å². The molecule has 3 nitrogen and oxygen atoms in total. The molecule has 0 amide bonds. The lowest BCUT2D eigenvalue weighted by atomic mass is 10.1. The summed E-state index contributed by atoms with van der Waals surface area (Å²) in [5.74, 6) is 0.674. The predicted molar refractivity (Wildman–Crippen MR) is 77.6 cm³/mol. The van der Waals surface area contributed by atoms with Crippen molar-refractivity contribution in [2.75, 3.05) is 7.11 Å². The van der Waals surface area contributed by atoms with Crippen LogP contribution in [-0.2, 0) is 0 Å². The number of carbonyl (C=O) groups excluding carboxylic acids is 1. The fourth-order valence-corrected chi connectivity index (χ4v) is 3.02. The Balaban J connectivity index is 2.09. The Kier molecular flexibility index (Phi) is 3.05. The minimum absolute atomic E-state index is 0.0261. The molecular weight excluding hydrogens is 282 g/mol. The Bertz CT molecular complexity index is 760. The van der Waals surface area contributed by atoms with Crippen LogP contribution in [0.3, 0.4) is 0 Å². The first kappa shape index (κ1) is 12.3. The van der Waals surface area contributed by atoms with Crippen molar-refractivity contribution in [1.29, 1.82) is 0 Å². The molecule has 0 aliphatic rings. The number of fused-ring (bicyclic) bond motifs is 1. The maximum absolute atomic E-state index is 12.5. The molecule has 5 heteroatoms. The molecule has 3 rings (SSSR count). The van der Waals surface area contributed by atoms with Gasteiger partial charge in [0.15, 0.2) is 0 Å². The largest absolute Gasteiger partial charge is 0.496 e. The van der Waals surface area contributed by atoms with Crippen molar-refractivity contribution < 1.29 is 9.53 Å². The predicted octanol–water partition coefficient (Wildman–Crippen LogP) is 4.12. The van der Waals surface area contributed by atoms with Gasteiger partial charge in [-0.2, -0.15) is 0 Å². The van der Waals surface area contributed by atoms with Crippen LogP contribution >= 0.6 is 22.9 Å². The first-order valence-electron chi connectivity index (χ1n) is 5.63. The van der Waals surface area contributed by atoms with Crippen molar-refractivity contribution >= 4 is 39.6 Å². The van der Waals surface area contributed by atoms with Crippen LogP contribution in [-0.4, -0.2) is 17.9 Å². The Morgan fingerprint density at radius 3 is 3.00 bits per heavy atom. The zero-order valence-electron chi connectivity index (χ0n) is 10.1. The highest BCUT2D eigenvalue weighted by molar-refractivity contribution is 7.12. The number of hydrogen-bond acceptors (Lipinski definition) is 3. The second-order valence-electron chi connectivity index (χ2n) is 4.04. The molecule has 0 bridgehead atoms. The van der Waals surface area contributed by atoms with Gasteiger partial charge in [-0.05, 0) is 6.07 Å². The highest BCUT2D eigenvalue weighted by atomic mass is 35.5. The quantitative estimate of drug-likeness (QED) is 0.738. The Morgan fingerprint density at radius 2 is 2.26 bits per heavy atom. The van der Waals surface area contributed by atoms with Gasteiger partial charge in [-0.1, -0.05) is 23.7 Å². The normalized spacial score (nSPS) is 10.8. The number of hydrogen-bond donors (Lipinski definition) is 1. The van der Waals surface area contributed by atoms with Crippen molar-refractivity contribution in [3.05, 3.63) is 51.3 Å². The van der Waals surface area contributed by atoms with E-state index in [-0.39, 0.29) is 5.78 Å². The lowest BCUT2D eigenvalue weighted by Crippen LogP contribution is -1.96. The van der Waals surface area contributed by atoms with Crippen LogP contribution in [0.5, 0.6) is 5.75 Å². The van der Waals surface area contributed by atoms with E-state index in [0.29, 0.717) is 21.2 Å². The van der Waals surface area contributed by atoms with Gasteiger partial charge in [-0.15, -0.1) is 11.3 Å². The van der Waals surface area contributed by atoms with Gasteiger partial charge < -0.3 is 9.72 Å². The molecule has 0 spiro atoms. The summed E-state index contributed by atoms with van der Waals surface area (Å²) in [5, 5.41) is 3.26. The number of H-pyrrole nitrogens is 1. The Labute approximate surface area is 118 Å². The molecule has 96 valence electrons. The van der Waals surface area contributed by atoms with Crippen molar-refractivity contribution in [2.45, 2.75) is 0 Å². The molecule has 0 fully saturated rings. The first-order chi connectivity index (χ1) is 9.20. The van der Waals surface area contributed by atoms with Gasteiger partial charge in [-0.3, -0.25) is 4.79 Å². The minimum atomic E-state index is -0.0261. The number of nitrogens with one attached hydrogen (secondary N) is 1. The average Bonchev–Trinajstić information content (AvgIpc) is 3.05. The minimum Gasteiger partial charge on any atom is -0.496 e. The molecule has 3 aromatic rings. The van der Waals surface area contributed by atoms with E-state index >= 15 is 0 Å². The number of benzene rings is 1. The third-order valence-electron chi connectivity index (χ3n) is 2.94. The first-order valence-corrected chi connectivity index (χ1v) is 6.89. The summed E-state index contributed by atoms with van der Waals surface area (Å²) < 4.78 is 5.10. The van der Waals surface area contributed by atoms with Crippen LogP contribution < -0.4 is 4.74 Å². The van der Waals surface area contributed by atoms with E-state index < -0.39 is 0 Å². The third-order valence-corrected chi connectivity index (χ3v) is 4.17. The summed E-state index contributed by atoms with van der Waals surface area (Å²) in [6.45, 7) is 0. The topological polar surface area (TPSA) is 42.1 Å². The zero-order valence-corrected chi connectivity index (χ0v) is 11.6. The molecule has 0 radical (unpaired) electrons. The number of para-hydroxylation sites is 1. The maximum atomic E-state index is 12.5. The summed E-state index contributed by atoms with van der Waals surface area (Å²) in [7, 11) is 1.59. The molecule has 1 N–H and O–H groups in total. The molecular formula is C14H10ClNO2S. The van der Waals surface area contributed by atoms with E-state index in [1.165, 1.54) is 11.3 Å². The van der Waals surface area contributed by atoms with Crippen LogP contribution in [0.15, 0.2) is 35.8 Å². The molecule has 0 unspecified atom stereocenters. The molecule has 2 aromatic heterocycles. The van der Waals surface area contributed by atoms with E-state index in [0.717, 1.165) is 10.9 Å². The van der Waals surface area contributed by atoms with E-state index in [1.54, 1.807) is 25.4 Å². The molecule has 19 heavy (non-hydrogen) atoms. The van der Waals surface area contributed by atoms with Crippen molar-refractivity contribution in [2.24, 2.45) is 0 Å². The third kappa shape index (κ3) is 2.03. The van der Waals surface area contributed by atoms with Gasteiger partial charge in [0.2, 0.25) is 5.78 Å². The molecule has 0 saturated heterocycles. The highest BCUT2D eigenvalue weighted by Gasteiger charge is 2.17. The second kappa shape index (κ2) is 4.72. The van der Waals surface area contributed by atoms with Crippen LogP contribution in [0, 0.1) is 0 Å². The molecule has 1 aromatic carbocycles. The van der Waals surface area contributed by atoms with Gasteiger partial charge in [-0.25, -0.2) is 0 Å². The number of ketones is 1. The number of thiophene rings is 1. The summed E-state index contributed by atoms with van der Waals surface area (Å²) in [4.78, 5) is 16.2.